The first-order valence-electron chi connectivity index (χ1n) is 9.33. The number of allylic oxidation sites excluding steroid dienone is 1. The molecule has 0 radical (unpaired) electrons. The van der Waals surface area contributed by atoms with Crippen LogP contribution in [0.15, 0.2) is 36.9 Å². The fourth-order valence-corrected chi connectivity index (χ4v) is 3.60. The number of rotatable bonds is 9. The van der Waals surface area contributed by atoms with E-state index in [0.717, 1.165) is 44.8 Å². The lowest BCUT2D eigenvalue weighted by atomic mass is 9.97. The minimum Gasteiger partial charge on any atom is -0.496 e. The van der Waals surface area contributed by atoms with Crippen molar-refractivity contribution in [3.8, 4) is 5.75 Å². The van der Waals surface area contributed by atoms with Crippen LogP contribution in [-0.4, -0.2) is 56.0 Å². The number of para-hydroxylation sites is 1. The highest BCUT2D eigenvalue weighted by molar-refractivity contribution is 5.75. The molecule has 1 saturated heterocycles. The molecular weight excluding hydrogens is 312 g/mol. The second kappa shape index (κ2) is 10.2. The fraction of sp³-hybridized carbons (Fsp3) is 0.571. The van der Waals surface area contributed by atoms with Crippen LogP contribution in [0.4, 0.5) is 0 Å². The van der Waals surface area contributed by atoms with E-state index in [1.807, 2.05) is 30.2 Å². The average Bonchev–Trinajstić information content (AvgIpc) is 2.64. The van der Waals surface area contributed by atoms with E-state index >= 15 is 0 Å². The number of carbonyl (C=O) groups is 1. The molecule has 2 rings (SSSR count). The quantitative estimate of drug-likeness (QED) is 0.644. The van der Waals surface area contributed by atoms with Gasteiger partial charge in [0.05, 0.1) is 7.11 Å². The van der Waals surface area contributed by atoms with Gasteiger partial charge in [-0.3, -0.25) is 4.79 Å². The minimum atomic E-state index is 0.228. The Kier molecular flexibility index (Phi) is 7.99. The summed E-state index contributed by atoms with van der Waals surface area (Å²) in [6.07, 6.45) is 6.58. The van der Waals surface area contributed by atoms with Crippen molar-refractivity contribution in [3.63, 3.8) is 0 Å². The summed E-state index contributed by atoms with van der Waals surface area (Å²) >= 11 is 0. The van der Waals surface area contributed by atoms with Gasteiger partial charge in [-0.1, -0.05) is 24.3 Å². The van der Waals surface area contributed by atoms with Crippen LogP contribution in [0, 0.1) is 5.92 Å². The molecule has 1 aliphatic rings. The Morgan fingerprint density at radius 1 is 1.44 bits per heavy atom. The molecule has 4 heteroatoms. The number of amides is 1. The summed E-state index contributed by atoms with van der Waals surface area (Å²) in [5, 5.41) is 0. The third-order valence-electron chi connectivity index (χ3n) is 5.01. The summed E-state index contributed by atoms with van der Waals surface area (Å²) in [6, 6.07) is 8.25. The Morgan fingerprint density at radius 3 is 3.00 bits per heavy atom. The Hall–Kier alpha value is -1.81. The van der Waals surface area contributed by atoms with Gasteiger partial charge in [-0.15, -0.1) is 6.58 Å². The van der Waals surface area contributed by atoms with Gasteiger partial charge in [0.2, 0.25) is 5.91 Å². The van der Waals surface area contributed by atoms with Crippen molar-refractivity contribution in [2.45, 2.75) is 32.1 Å². The monoisotopic (exact) mass is 344 g/mol. The number of ether oxygens (including phenoxy) is 1. The van der Waals surface area contributed by atoms with Crippen molar-refractivity contribution in [1.82, 2.24) is 9.80 Å². The minimum absolute atomic E-state index is 0.228. The van der Waals surface area contributed by atoms with Crippen molar-refractivity contribution in [2.75, 3.05) is 40.3 Å². The number of nitrogens with zero attached hydrogens (tertiary/aromatic N) is 2. The predicted octanol–water partition coefficient (Wildman–Crippen LogP) is 3.37. The maximum absolute atomic E-state index is 12.1. The number of benzene rings is 1. The normalized spacial score (nSPS) is 17.9. The molecule has 0 saturated carbocycles. The summed E-state index contributed by atoms with van der Waals surface area (Å²) in [6.45, 7) is 7.83. The summed E-state index contributed by atoms with van der Waals surface area (Å²) < 4.78 is 5.45. The van der Waals surface area contributed by atoms with Crippen LogP contribution in [0.25, 0.3) is 0 Å². The summed E-state index contributed by atoms with van der Waals surface area (Å²) in [4.78, 5) is 16.5. The molecule has 1 unspecified atom stereocenters. The van der Waals surface area contributed by atoms with Crippen LogP contribution in [0.2, 0.25) is 0 Å². The van der Waals surface area contributed by atoms with Crippen LogP contribution in [0.3, 0.4) is 0 Å². The summed E-state index contributed by atoms with van der Waals surface area (Å²) in [7, 11) is 3.66. The molecule has 138 valence electrons. The average molecular weight is 344 g/mol. The zero-order chi connectivity index (χ0) is 18.1. The molecule has 1 fully saturated rings. The first-order chi connectivity index (χ1) is 12.1. The molecular formula is C21H32N2O2. The number of hydrogen-bond acceptors (Lipinski definition) is 3. The van der Waals surface area contributed by atoms with Crippen LogP contribution in [-0.2, 0) is 11.2 Å². The van der Waals surface area contributed by atoms with Crippen molar-refractivity contribution in [3.05, 3.63) is 42.5 Å². The molecule has 1 aromatic rings. The topological polar surface area (TPSA) is 32.8 Å². The molecule has 1 aromatic carbocycles. The third-order valence-corrected chi connectivity index (χ3v) is 5.01. The lowest BCUT2D eigenvalue weighted by Crippen LogP contribution is -2.42. The summed E-state index contributed by atoms with van der Waals surface area (Å²) in [5.41, 5.74) is 1.27. The molecule has 1 aliphatic heterocycles. The second-order valence-electron chi connectivity index (χ2n) is 6.97. The molecule has 1 atom stereocenters. The molecule has 25 heavy (non-hydrogen) atoms. The van der Waals surface area contributed by atoms with Gasteiger partial charge in [0, 0.05) is 33.1 Å². The molecule has 0 aromatic heterocycles. The Labute approximate surface area is 152 Å². The van der Waals surface area contributed by atoms with Crippen molar-refractivity contribution < 1.29 is 9.53 Å². The number of likely N-dealkylation sites (tertiary alicyclic amines) is 1. The molecule has 0 aliphatic carbocycles. The Balaban J connectivity index is 1.80. The van der Waals surface area contributed by atoms with Crippen molar-refractivity contribution in [1.29, 1.82) is 0 Å². The van der Waals surface area contributed by atoms with Gasteiger partial charge in [0.15, 0.2) is 0 Å². The highest BCUT2D eigenvalue weighted by Gasteiger charge is 2.22. The standard InChI is InChI=1S/C21H32N2O2/c1-4-5-12-21(24)22(2)16-18-9-8-14-23(17-18)15-13-19-10-6-7-11-20(19)25-3/h4,6-7,10-11,18H,1,5,8-9,12-17H2,2-3H3. The number of methoxy groups -OCH3 is 1. The molecule has 4 nitrogen and oxygen atoms in total. The largest absolute Gasteiger partial charge is 0.496 e. The van der Waals surface area contributed by atoms with Crippen LogP contribution < -0.4 is 4.74 Å². The first-order valence-corrected chi connectivity index (χ1v) is 9.33. The van der Waals surface area contributed by atoms with Crippen molar-refractivity contribution >= 4 is 5.91 Å². The predicted molar refractivity (Wildman–Crippen MR) is 103 cm³/mol. The van der Waals surface area contributed by atoms with Gasteiger partial charge in [-0.25, -0.2) is 0 Å². The lowest BCUT2D eigenvalue weighted by Gasteiger charge is -2.34. The molecule has 0 bridgehead atoms. The molecule has 1 heterocycles. The zero-order valence-corrected chi connectivity index (χ0v) is 15.7. The molecule has 1 amide bonds. The van der Waals surface area contributed by atoms with E-state index in [1.54, 1.807) is 7.11 Å². The van der Waals surface area contributed by atoms with Gasteiger partial charge in [-0.2, -0.15) is 0 Å². The van der Waals surface area contributed by atoms with Crippen molar-refractivity contribution in [2.24, 2.45) is 5.92 Å². The fourth-order valence-electron chi connectivity index (χ4n) is 3.60. The second-order valence-corrected chi connectivity index (χ2v) is 6.97. The van der Waals surface area contributed by atoms with Gasteiger partial charge in [0.1, 0.15) is 5.75 Å². The van der Waals surface area contributed by atoms with E-state index in [1.165, 1.54) is 18.4 Å². The smallest absolute Gasteiger partial charge is 0.222 e. The van der Waals surface area contributed by atoms with Crippen LogP contribution in [0.5, 0.6) is 5.75 Å². The van der Waals surface area contributed by atoms with E-state index in [4.69, 9.17) is 4.74 Å². The maximum atomic E-state index is 12.1. The highest BCUT2D eigenvalue weighted by Crippen LogP contribution is 2.21. The number of piperidine rings is 1. The zero-order valence-electron chi connectivity index (χ0n) is 15.7. The van der Waals surface area contributed by atoms with Gasteiger partial charge in [0.25, 0.3) is 0 Å². The van der Waals surface area contributed by atoms with E-state index in [-0.39, 0.29) is 5.91 Å². The van der Waals surface area contributed by atoms with E-state index in [2.05, 4.69) is 23.6 Å². The summed E-state index contributed by atoms with van der Waals surface area (Å²) in [5.74, 6) is 1.78. The van der Waals surface area contributed by atoms with E-state index in [9.17, 15) is 4.79 Å². The molecule has 0 spiro atoms. The number of carbonyl (C=O) groups excluding carboxylic acids is 1. The van der Waals surface area contributed by atoms with Crippen LogP contribution >= 0.6 is 0 Å². The SMILES string of the molecule is C=CCCC(=O)N(C)CC1CCCN(CCc2ccccc2OC)C1. The van der Waals surface area contributed by atoms with Crippen LogP contribution in [0.1, 0.15) is 31.2 Å². The number of hydrogen-bond donors (Lipinski definition) is 0. The van der Waals surface area contributed by atoms with Gasteiger partial charge >= 0.3 is 0 Å². The van der Waals surface area contributed by atoms with Gasteiger partial charge in [-0.05, 0) is 49.8 Å². The highest BCUT2D eigenvalue weighted by atomic mass is 16.5. The molecule has 0 N–H and O–H groups in total. The first kappa shape index (κ1) is 19.5. The van der Waals surface area contributed by atoms with E-state index in [0.29, 0.717) is 12.3 Å². The Bertz CT molecular complexity index is 559. The Morgan fingerprint density at radius 2 is 2.24 bits per heavy atom. The lowest BCUT2D eigenvalue weighted by molar-refractivity contribution is -0.130. The third kappa shape index (κ3) is 6.20. The van der Waals surface area contributed by atoms with E-state index < -0.39 is 0 Å². The maximum Gasteiger partial charge on any atom is 0.222 e. The van der Waals surface area contributed by atoms with Gasteiger partial charge < -0.3 is 14.5 Å².